The number of methoxy groups -OCH3 is 1. The average Bonchev–Trinajstić information content (AvgIpc) is 2.73. The Balaban J connectivity index is 1.84. The molecule has 0 saturated carbocycles. The number of ether oxygens (including phenoxy) is 2. The van der Waals surface area contributed by atoms with Crippen LogP contribution >= 0.6 is 11.6 Å². The Bertz CT molecular complexity index is 977. The summed E-state index contributed by atoms with van der Waals surface area (Å²) in [5.74, 6) is 1.14. The van der Waals surface area contributed by atoms with Crippen molar-refractivity contribution in [3.63, 3.8) is 0 Å². The summed E-state index contributed by atoms with van der Waals surface area (Å²) in [6, 6.07) is 10.1. The van der Waals surface area contributed by atoms with Crippen LogP contribution in [0.4, 0.5) is 11.4 Å². The molecule has 0 amide bonds. The van der Waals surface area contributed by atoms with Gasteiger partial charge in [-0.05, 0) is 12.1 Å². The highest BCUT2D eigenvalue weighted by molar-refractivity contribution is 7.93. The monoisotopic (exact) mass is 423 g/mol. The standard InChI is InChI=1S/C19H22ClN3O4S/c1-26-14-12-16(22-8-6-21-7-9-22)19-17(13-14)23(10-11-27-19)28(24,25)18-5-3-2-4-15(18)20/h2-5,12-13,21H,6-11H2,1H3. The van der Waals surface area contributed by atoms with Gasteiger partial charge in [0.05, 0.1) is 30.1 Å². The first-order chi connectivity index (χ1) is 13.5. The van der Waals surface area contributed by atoms with E-state index in [0.717, 1.165) is 31.9 Å². The summed E-state index contributed by atoms with van der Waals surface area (Å²) in [7, 11) is -2.27. The number of rotatable bonds is 4. The van der Waals surface area contributed by atoms with Gasteiger partial charge in [0.1, 0.15) is 17.3 Å². The van der Waals surface area contributed by atoms with E-state index in [4.69, 9.17) is 21.1 Å². The fourth-order valence-electron chi connectivity index (χ4n) is 3.54. The summed E-state index contributed by atoms with van der Waals surface area (Å²) >= 11 is 6.19. The maximum absolute atomic E-state index is 13.4. The topological polar surface area (TPSA) is 71.1 Å². The number of piperazine rings is 1. The van der Waals surface area contributed by atoms with E-state index in [0.29, 0.717) is 17.2 Å². The summed E-state index contributed by atoms with van der Waals surface area (Å²) in [4.78, 5) is 2.26. The molecular formula is C19H22ClN3O4S. The van der Waals surface area contributed by atoms with E-state index in [1.165, 1.54) is 10.4 Å². The maximum Gasteiger partial charge on any atom is 0.266 e. The molecule has 0 spiro atoms. The first-order valence-corrected chi connectivity index (χ1v) is 10.9. The number of nitrogens with zero attached hydrogens (tertiary/aromatic N) is 2. The third-order valence-corrected chi connectivity index (χ3v) is 7.24. The molecule has 0 aliphatic carbocycles. The second kappa shape index (κ2) is 7.69. The third kappa shape index (κ3) is 3.36. The van der Waals surface area contributed by atoms with Crippen molar-refractivity contribution < 1.29 is 17.9 Å². The van der Waals surface area contributed by atoms with Gasteiger partial charge in [-0.25, -0.2) is 8.42 Å². The molecular weight excluding hydrogens is 402 g/mol. The van der Waals surface area contributed by atoms with Crippen molar-refractivity contribution in [1.82, 2.24) is 5.32 Å². The summed E-state index contributed by atoms with van der Waals surface area (Å²) in [6.07, 6.45) is 0. The highest BCUT2D eigenvalue weighted by Crippen LogP contribution is 2.45. The van der Waals surface area contributed by atoms with Gasteiger partial charge in [-0.15, -0.1) is 0 Å². The van der Waals surface area contributed by atoms with Crippen LogP contribution in [-0.4, -0.2) is 54.9 Å². The lowest BCUT2D eigenvalue weighted by Crippen LogP contribution is -2.44. The van der Waals surface area contributed by atoms with Crippen molar-refractivity contribution >= 4 is 33.0 Å². The number of nitrogens with one attached hydrogen (secondary N) is 1. The smallest absolute Gasteiger partial charge is 0.266 e. The van der Waals surface area contributed by atoms with Crippen LogP contribution in [0.5, 0.6) is 11.5 Å². The van der Waals surface area contributed by atoms with Crippen LogP contribution in [0.3, 0.4) is 0 Å². The van der Waals surface area contributed by atoms with Crippen LogP contribution in [0.1, 0.15) is 0 Å². The van der Waals surface area contributed by atoms with Crippen molar-refractivity contribution in [2.75, 3.05) is 55.6 Å². The number of benzene rings is 2. The van der Waals surface area contributed by atoms with Crippen LogP contribution in [0.2, 0.25) is 5.02 Å². The van der Waals surface area contributed by atoms with Crippen molar-refractivity contribution in [3.05, 3.63) is 41.4 Å². The van der Waals surface area contributed by atoms with Crippen molar-refractivity contribution in [3.8, 4) is 11.5 Å². The molecule has 0 radical (unpaired) electrons. The lowest BCUT2D eigenvalue weighted by Gasteiger charge is -2.36. The Kier molecular flexibility index (Phi) is 5.27. The van der Waals surface area contributed by atoms with Crippen LogP contribution in [0.15, 0.2) is 41.3 Å². The molecule has 2 heterocycles. The SMILES string of the molecule is COc1cc(N2CCNCC2)c2c(c1)N(S(=O)(=O)c1ccccc1Cl)CCO2. The minimum atomic E-state index is -3.84. The Hall–Kier alpha value is -2.16. The van der Waals surface area contributed by atoms with Gasteiger partial charge in [0.15, 0.2) is 5.75 Å². The zero-order chi connectivity index (χ0) is 19.7. The van der Waals surface area contributed by atoms with Gasteiger partial charge in [0.2, 0.25) is 0 Å². The minimum absolute atomic E-state index is 0.0797. The molecule has 2 aromatic rings. The Morgan fingerprint density at radius 2 is 1.82 bits per heavy atom. The molecule has 2 aromatic carbocycles. The average molecular weight is 424 g/mol. The molecule has 9 heteroatoms. The molecule has 0 unspecified atom stereocenters. The predicted octanol–water partition coefficient (Wildman–Crippen LogP) is 2.35. The molecule has 0 atom stereocenters. The van der Waals surface area contributed by atoms with Crippen molar-refractivity contribution in [2.45, 2.75) is 4.90 Å². The molecule has 1 N–H and O–H groups in total. The Morgan fingerprint density at radius 1 is 1.11 bits per heavy atom. The fourth-order valence-corrected chi connectivity index (χ4v) is 5.48. The molecule has 1 saturated heterocycles. The molecule has 1 fully saturated rings. The largest absolute Gasteiger partial charge is 0.497 e. The second-order valence-electron chi connectivity index (χ2n) is 6.59. The number of halogens is 1. The van der Waals surface area contributed by atoms with Crippen LogP contribution < -0.4 is 24.0 Å². The van der Waals surface area contributed by atoms with E-state index in [9.17, 15) is 8.42 Å². The van der Waals surface area contributed by atoms with Gasteiger partial charge in [-0.3, -0.25) is 4.31 Å². The Labute approximate surface area is 169 Å². The van der Waals surface area contributed by atoms with Crippen LogP contribution in [-0.2, 0) is 10.0 Å². The number of anilines is 2. The molecule has 150 valence electrons. The lowest BCUT2D eigenvalue weighted by atomic mass is 10.1. The maximum atomic E-state index is 13.4. The summed E-state index contributed by atoms with van der Waals surface area (Å²) in [5.41, 5.74) is 1.31. The van der Waals surface area contributed by atoms with Gasteiger partial charge in [-0.1, -0.05) is 23.7 Å². The first kappa shape index (κ1) is 19.2. The molecule has 0 bridgehead atoms. The van der Waals surface area contributed by atoms with E-state index in [-0.39, 0.29) is 23.1 Å². The highest BCUT2D eigenvalue weighted by Gasteiger charge is 2.34. The molecule has 2 aliphatic heterocycles. The van der Waals surface area contributed by atoms with E-state index < -0.39 is 10.0 Å². The lowest BCUT2D eigenvalue weighted by molar-refractivity contribution is 0.314. The van der Waals surface area contributed by atoms with Gasteiger partial charge in [-0.2, -0.15) is 0 Å². The van der Waals surface area contributed by atoms with Crippen molar-refractivity contribution in [2.24, 2.45) is 0 Å². The van der Waals surface area contributed by atoms with Crippen LogP contribution in [0.25, 0.3) is 0 Å². The normalized spacial score (nSPS) is 17.1. The zero-order valence-corrected chi connectivity index (χ0v) is 17.1. The van der Waals surface area contributed by atoms with Gasteiger partial charge >= 0.3 is 0 Å². The molecule has 2 aliphatic rings. The van der Waals surface area contributed by atoms with E-state index >= 15 is 0 Å². The first-order valence-electron chi connectivity index (χ1n) is 9.10. The van der Waals surface area contributed by atoms with E-state index in [1.54, 1.807) is 31.4 Å². The van der Waals surface area contributed by atoms with Gasteiger partial charge in [0.25, 0.3) is 10.0 Å². The molecule has 28 heavy (non-hydrogen) atoms. The summed E-state index contributed by atoms with van der Waals surface area (Å²) < 4.78 is 39.5. The number of sulfonamides is 1. The van der Waals surface area contributed by atoms with Crippen molar-refractivity contribution in [1.29, 1.82) is 0 Å². The van der Waals surface area contributed by atoms with Gasteiger partial charge < -0.3 is 19.7 Å². The zero-order valence-electron chi connectivity index (χ0n) is 15.5. The molecule has 7 nitrogen and oxygen atoms in total. The Morgan fingerprint density at radius 3 is 2.54 bits per heavy atom. The van der Waals surface area contributed by atoms with E-state index in [2.05, 4.69) is 10.2 Å². The summed E-state index contributed by atoms with van der Waals surface area (Å²) in [6.45, 7) is 3.79. The number of fused-ring (bicyclic) bond motifs is 1. The summed E-state index contributed by atoms with van der Waals surface area (Å²) in [5, 5.41) is 3.51. The molecule has 4 rings (SSSR count). The molecule has 0 aromatic heterocycles. The number of hydrogen-bond acceptors (Lipinski definition) is 6. The third-order valence-electron chi connectivity index (χ3n) is 4.93. The quantitative estimate of drug-likeness (QED) is 0.814. The minimum Gasteiger partial charge on any atom is -0.497 e. The second-order valence-corrected chi connectivity index (χ2v) is 8.83. The fraction of sp³-hybridized carbons (Fsp3) is 0.368. The van der Waals surface area contributed by atoms with Crippen LogP contribution in [0, 0.1) is 0 Å². The van der Waals surface area contributed by atoms with Gasteiger partial charge in [0, 0.05) is 38.3 Å². The number of hydrogen-bond donors (Lipinski definition) is 1. The predicted molar refractivity (Wildman–Crippen MR) is 110 cm³/mol. The van der Waals surface area contributed by atoms with E-state index in [1.807, 2.05) is 6.07 Å². The highest BCUT2D eigenvalue weighted by atomic mass is 35.5.